The van der Waals surface area contributed by atoms with Gasteiger partial charge in [-0.25, -0.2) is 9.97 Å². The summed E-state index contributed by atoms with van der Waals surface area (Å²) in [6.45, 7) is 10.5. The summed E-state index contributed by atoms with van der Waals surface area (Å²) >= 11 is 6.65. The minimum atomic E-state index is -0.619. The Labute approximate surface area is 216 Å². The first kappa shape index (κ1) is 25.0. The second kappa shape index (κ2) is 9.97. The molecule has 5 rings (SSSR count). The van der Waals surface area contributed by atoms with E-state index in [1.807, 2.05) is 19.9 Å². The smallest absolute Gasteiger partial charge is 0.163 e. The van der Waals surface area contributed by atoms with Crippen molar-refractivity contribution < 1.29 is 14.4 Å². The third-order valence-corrected chi connectivity index (χ3v) is 7.46. The summed E-state index contributed by atoms with van der Waals surface area (Å²) in [7, 11) is 1.79. The van der Waals surface area contributed by atoms with E-state index >= 15 is 0 Å². The minimum absolute atomic E-state index is 0.163. The lowest BCUT2D eigenvalue weighted by Crippen LogP contribution is -2.58. The van der Waals surface area contributed by atoms with Crippen molar-refractivity contribution in [2.45, 2.75) is 33.3 Å². The van der Waals surface area contributed by atoms with Crippen molar-refractivity contribution in [1.29, 1.82) is 0 Å². The number of rotatable bonds is 8. The zero-order valence-corrected chi connectivity index (χ0v) is 21.9. The summed E-state index contributed by atoms with van der Waals surface area (Å²) in [6, 6.07) is 5.39. The van der Waals surface area contributed by atoms with Gasteiger partial charge in [-0.05, 0) is 59.0 Å². The molecule has 4 heterocycles. The molecule has 2 fully saturated rings. The lowest BCUT2D eigenvalue weighted by molar-refractivity contribution is 0.108. The molecule has 1 atom stereocenters. The van der Waals surface area contributed by atoms with Crippen LogP contribution in [0.15, 0.2) is 22.7 Å². The monoisotopic (exact) mass is 512 g/mol. The molecule has 0 saturated carbocycles. The number of hydrogen-bond donors (Lipinski definition) is 3. The van der Waals surface area contributed by atoms with Crippen molar-refractivity contribution in [2.24, 2.45) is 5.41 Å². The highest BCUT2D eigenvalue weighted by Gasteiger charge is 2.46. The lowest BCUT2D eigenvalue weighted by Gasteiger charge is -2.49. The number of aromatic nitrogens is 3. The van der Waals surface area contributed by atoms with Crippen LogP contribution in [0.25, 0.3) is 22.6 Å². The lowest BCUT2D eigenvalue weighted by atomic mass is 9.79. The van der Waals surface area contributed by atoms with E-state index in [2.05, 4.69) is 27.6 Å². The van der Waals surface area contributed by atoms with Crippen LogP contribution in [0, 0.1) is 26.2 Å². The molecule has 192 valence electrons. The van der Waals surface area contributed by atoms with Gasteiger partial charge in [-0.15, -0.1) is 0 Å². The van der Waals surface area contributed by atoms with Crippen LogP contribution in [0.2, 0.25) is 5.02 Å². The third-order valence-electron chi connectivity index (χ3n) is 7.14. The molecule has 0 radical (unpaired) electrons. The van der Waals surface area contributed by atoms with E-state index < -0.39 is 6.10 Å². The first-order chi connectivity index (χ1) is 17.3. The maximum absolute atomic E-state index is 10.0. The molecular weight excluding hydrogens is 480 g/mol. The number of likely N-dealkylation sites (N-methyl/N-ethyl adjacent to an activating group) is 1. The van der Waals surface area contributed by atoms with Crippen molar-refractivity contribution in [3.63, 3.8) is 0 Å². The van der Waals surface area contributed by atoms with E-state index in [0.717, 1.165) is 54.5 Å². The molecule has 2 aliphatic heterocycles. The Morgan fingerprint density at radius 3 is 2.75 bits per heavy atom. The molecule has 1 spiro atoms. The van der Waals surface area contributed by atoms with Gasteiger partial charge in [-0.1, -0.05) is 16.8 Å². The largest absolute Gasteiger partial charge is 0.491 e. The maximum atomic E-state index is 10.0. The van der Waals surface area contributed by atoms with Gasteiger partial charge in [0.15, 0.2) is 5.82 Å². The molecular formula is C26H33ClN6O3. The molecule has 2 saturated heterocycles. The molecule has 0 unspecified atom stereocenters. The third kappa shape index (κ3) is 4.68. The van der Waals surface area contributed by atoms with E-state index in [1.165, 1.54) is 6.42 Å². The van der Waals surface area contributed by atoms with Crippen molar-refractivity contribution >= 4 is 17.4 Å². The predicted molar refractivity (Wildman–Crippen MR) is 140 cm³/mol. The van der Waals surface area contributed by atoms with Crippen molar-refractivity contribution in [3.05, 3.63) is 40.2 Å². The number of nitrogens with zero attached hydrogens (tertiary/aromatic N) is 4. The molecule has 0 aliphatic carbocycles. The van der Waals surface area contributed by atoms with E-state index in [-0.39, 0.29) is 6.61 Å². The average Bonchev–Trinajstić information content (AvgIpc) is 3.45. The second-order valence-corrected chi connectivity index (χ2v) is 10.4. The Bertz CT molecular complexity index is 1230. The number of aryl methyl sites for hydroxylation is 2. The molecule has 9 nitrogen and oxygen atoms in total. The van der Waals surface area contributed by atoms with E-state index in [9.17, 15) is 5.11 Å². The number of ether oxygens (including phenoxy) is 1. The normalized spacial score (nSPS) is 17.4. The standard InChI is InChI=1S/C26H33ClN6O3/c1-15-23(22-16(2)32-36-17(22)3)30-24(31-25(15)33-13-26(14-33)7-8-29-12-26)20-9-19(5-6-21(20)27)35-11-18(34)10-28-4/h5-6,9,18,28-29,34H,7-8,10-14H2,1-4H3/t18-/m1/s1. The fourth-order valence-corrected chi connectivity index (χ4v) is 5.43. The fourth-order valence-electron chi connectivity index (χ4n) is 5.23. The number of benzene rings is 1. The van der Waals surface area contributed by atoms with Gasteiger partial charge < -0.3 is 29.9 Å². The van der Waals surface area contributed by atoms with Crippen molar-refractivity contribution in [2.75, 3.05) is 51.3 Å². The fraction of sp³-hybridized carbons (Fsp3) is 0.500. The zero-order valence-electron chi connectivity index (χ0n) is 21.2. The Hall–Kier alpha value is -2.72. The van der Waals surface area contributed by atoms with Gasteiger partial charge in [0.05, 0.1) is 22.0 Å². The number of nitrogens with one attached hydrogen (secondary N) is 2. The van der Waals surface area contributed by atoms with Gasteiger partial charge in [0, 0.05) is 42.7 Å². The van der Waals surface area contributed by atoms with Crippen LogP contribution in [-0.4, -0.2) is 72.7 Å². The average molecular weight is 513 g/mol. The molecule has 0 bridgehead atoms. The number of aliphatic hydroxyl groups excluding tert-OH is 1. The van der Waals surface area contributed by atoms with Crippen LogP contribution in [0.3, 0.4) is 0 Å². The molecule has 2 aromatic heterocycles. The van der Waals surface area contributed by atoms with Gasteiger partial charge in [-0.3, -0.25) is 0 Å². The van der Waals surface area contributed by atoms with Gasteiger partial charge >= 0.3 is 0 Å². The van der Waals surface area contributed by atoms with Crippen molar-refractivity contribution in [3.8, 4) is 28.4 Å². The molecule has 36 heavy (non-hydrogen) atoms. The molecule has 1 aromatic carbocycles. The number of aliphatic hydroxyl groups is 1. The highest BCUT2D eigenvalue weighted by atomic mass is 35.5. The van der Waals surface area contributed by atoms with Gasteiger partial charge in [0.2, 0.25) is 0 Å². The first-order valence-corrected chi connectivity index (χ1v) is 12.7. The van der Waals surface area contributed by atoms with Crippen LogP contribution >= 0.6 is 11.6 Å². The van der Waals surface area contributed by atoms with E-state index in [1.54, 1.807) is 19.2 Å². The number of hydrogen-bond acceptors (Lipinski definition) is 9. The Morgan fingerprint density at radius 2 is 2.08 bits per heavy atom. The highest BCUT2D eigenvalue weighted by Crippen LogP contribution is 2.43. The van der Waals surface area contributed by atoms with Crippen LogP contribution in [0.1, 0.15) is 23.4 Å². The summed E-state index contributed by atoms with van der Waals surface area (Å²) in [6.07, 6.45) is 0.563. The van der Waals surface area contributed by atoms with Gasteiger partial charge in [0.1, 0.15) is 30.0 Å². The van der Waals surface area contributed by atoms with Crippen LogP contribution in [0.5, 0.6) is 5.75 Å². The van der Waals surface area contributed by atoms with Crippen molar-refractivity contribution in [1.82, 2.24) is 25.8 Å². The SMILES string of the molecule is CNC[C@@H](O)COc1ccc(Cl)c(-c2nc(-c3c(C)noc3C)c(C)c(N3CC4(CCNC4)C3)n2)c1. The molecule has 2 aliphatic rings. The summed E-state index contributed by atoms with van der Waals surface area (Å²) in [5.74, 6) is 2.73. The first-order valence-electron chi connectivity index (χ1n) is 12.3. The molecule has 0 amide bonds. The van der Waals surface area contributed by atoms with Crippen LogP contribution < -0.4 is 20.3 Å². The summed E-state index contributed by atoms with van der Waals surface area (Å²) in [5, 5.41) is 21.1. The summed E-state index contributed by atoms with van der Waals surface area (Å²) in [4.78, 5) is 12.3. The number of anilines is 1. The molecule has 3 aromatic rings. The summed E-state index contributed by atoms with van der Waals surface area (Å²) in [5.41, 5.74) is 4.45. The van der Waals surface area contributed by atoms with Gasteiger partial charge in [0.25, 0.3) is 0 Å². The predicted octanol–water partition coefficient (Wildman–Crippen LogP) is 3.14. The van der Waals surface area contributed by atoms with Crippen LogP contribution in [0.4, 0.5) is 5.82 Å². The maximum Gasteiger partial charge on any atom is 0.163 e. The molecule has 10 heteroatoms. The Kier molecular flexibility index (Phi) is 6.91. The zero-order chi connectivity index (χ0) is 25.4. The highest BCUT2D eigenvalue weighted by molar-refractivity contribution is 6.33. The van der Waals surface area contributed by atoms with E-state index in [4.69, 9.17) is 30.8 Å². The Balaban J connectivity index is 1.55. The number of halogens is 1. The quantitative estimate of drug-likeness (QED) is 0.419. The topological polar surface area (TPSA) is 109 Å². The Morgan fingerprint density at radius 1 is 1.28 bits per heavy atom. The second-order valence-electron chi connectivity index (χ2n) is 9.99. The van der Waals surface area contributed by atoms with Crippen LogP contribution in [-0.2, 0) is 0 Å². The summed E-state index contributed by atoms with van der Waals surface area (Å²) < 4.78 is 11.3. The van der Waals surface area contributed by atoms with Gasteiger partial charge in [-0.2, -0.15) is 0 Å². The molecule has 3 N–H and O–H groups in total. The minimum Gasteiger partial charge on any atom is -0.491 e. The van der Waals surface area contributed by atoms with E-state index in [0.29, 0.717) is 39.9 Å².